The van der Waals surface area contributed by atoms with Crippen LogP contribution in [0, 0.1) is 0 Å². The summed E-state index contributed by atoms with van der Waals surface area (Å²) in [5.41, 5.74) is 0. The van der Waals surface area contributed by atoms with Gasteiger partial charge in [0.2, 0.25) is 5.91 Å². The normalized spacial score (nSPS) is 16.3. The molecule has 0 atom stereocenters. The Labute approximate surface area is 98.5 Å². The minimum atomic E-state index is 0.138. The van der Waals surface area contributed by atoms with Crippen molar-refractivity contribution in [2.24, 2.45) is 0 Å². The highest BCUT2D eigenvalue weighted by molar-refractivity contribution is 7.17. The molecule has 0 aliphatic carbocycles. The lowest BCUT2D eigenvalue weighted by Gasteiger charge is -2.34. The molecule has 86 valence electrons. The topological polar surface area (TPSA) is 40.6 Å². The number of aldehydes is 1. The SMILES string of the molecule is CC(=O)N1CCN(c2ccc(C=O)s2)CC1. The molecular weight excluding hydrogens is 224 g/mol. The number of hydrogen-bond donors (Lipinski definition) is 0. The highest BCUT2D eigenvalue weighted by atomic mass is 32.1. The first-order valence-electron chi connectivity index (χ1n) is 5.26. The molecule has 0 saturated carbocycles. The van der Waals surface area contributed by atoms with E-state index in [1.165, 1.54) is 11.3 Å². The standard InChI is InChI=1S/C11H14N2O2S/c1-9(15)12-4-6-13(7-5-12)11-3-2-10(8-14)16-11/h2-3,8H,4-7H2,1H3. The predicted octanol–water partition coefficient (Wildman–Crippen LogP) is 1.23. The van der Waals surface area contributed by atoms with E-state index in [9.17, 15) is 9.59 Å². The molecule has 0 aromatic carbocycles. The average Bonchev–Trinajstić information content (AvgIpc) is 2.77. The summed E-state index contributed by atoms with van der Waals surface area (Å²) in [6.45, 7) is 4.83. The lowest BCUT2D eigenvalue weighted by atomic mass is 10.3. The number of thiophene rings is 1. The molecule has 16 heavy (non-hydrogen) atoms. The summed E-state index contributed by atoms with van der Waals surface area (Å²) in [5, 5.41) is 1.12. The van der Waals surface area contributed by atoms with E-state index in [-0.39, 0.29) is 5.91 Å². The number of piperazine rings is 1. The van der Waals surface area contributed by atoms with Crippen molar-refractivity contribution in [2.45, 2.75) is 6.92 Å². The van der Waals surface area contributed by atoms with Crippen LogP contribution in [0.3, 0.4) is 0 Å². The smallest absolute Gasteiger partial charge is 0.219 e. The first-order valence-corrected chi connectivity index (χ1v) is 6.08. The second-order valence-corrected chi connectivity index (χ2v) is 4.88. The molecule has 0 N–H and O–H groups in total. The van der Waals surface area contributed by atoms with Gasteiger partial charge in [-0.1, -0.05) is 0 Å². The quantitative estimate of drug-likeness (QED) is 0.728. The number of nitrogens with zero attached hydrogens (tertiary/aromatic N) is 2. The van der Waals surface area contributed by atoms with Crippen molar-refractivity contribution in [1.82, 2.24) is 4.90 Å². The van der Waals surface area contributed by atoms with Gasteiger partial charge in [0.25, 0.3) is 0 Å². The van der Waals surface area contributed by atoms with Crippen molar-refractivity contribution in [3.63, 3.8) is 0 Å². The zero-order chi connectivity index (χ0) is 11.5. The molecule has 1 saturated heterocycles. The summed E-state index contributed by atoms with van der Waals surface area (Å²) < 4.78 is 0. The Morgan fingerprint density at radius 2 is 2.00 bits per heavy atom. The Morgan fingerprint density at radius 1 is 1.31 bits per heavy atom. The summed E-state index contributed by atoms with van der Waals surface area (Å²) >= 11 is 1.50. The van der Waals surface area contributed by atoms with Gasteiger partial charge >= 0.3 is 0 Å². The molecule has 1 aromatic rings. The number of amides is 1. The Morgan fingerprint density at radius 3 is 2.50 bits per heavy atom. The van der Waals surface area contributed by atoms with Crippen LogP contribution >= 0.6 is 11.3 Å². The molecule has 4 nitrogen and oxygen atoms in total. The van der Waals surface area contributed by atoms with Gasteiger partial charge in [-0.3, -0.25) is 9.59 Å². The van der Waals surface area contributed by atoms with Gasteiger partial charge < -0.3 is 9.80 Å². The number of carbonyl (C=O) groups is 2. The van der Waals surface area contributed by atoms with E-state index in [1.54, 1.807) is 6.92 Å². The maximum atomic E-state index is 11.2. The molecule has 0 bridgehead atoms. The molecule has 5 heteroatoms. The van der Waals surface area contributed by atoms with E-state index in [4.69, 9.17) is 0 Å². The van der Waals surface area contributed by atoms with E-state index < -0.39 is 0 Å². The van der Waals surface area contributed by atoms with Gasteiger partial charge in [0.1, 0.15) is 0 Å². The van der Waals surface area contributed by atoms with Crippen molar-refractivity contribution in [3.05, 3.63) is 17.0 Å². The van der Waals surface area contributed by atoms with Gasteiger partial charge in [0, 0.05) is 33.1 Å². The molecule has 1 aliphatic heterocycles. The molecule has 2 rings (SSSR count). The lowest BCUT2D eigenvalue weighted by molar-refractivity contribution is -0.129. The summed E-state index contributed by atoms with van der Waals surface area (Å²) in [7, 11) is 0. The van der Waals surface area contributed by atoms with Crippen LogP contribution in [0.2, 0.25) is 0 Å². The Hall–Kier alpha value is -1.36. The van der Waals surface area contributed by atoms with Gasteiger partial charge in [0.15, 0.2) is 6.29 Å². The third-order valence-electron chi connectivity index (χ3n) is 2.77. The molecule has 0 spiro atoms. The maximum absolute atomic E-state index is 11.2. The lowest BCUT2D eigenvalue weighted by Crippen LogP contribution is -2.47. The van der Waals surface area contributed by atoms with Gasteiger partial charge in [-0.2, -0.15) is 0 Å². The van der Waals surface area contributed by atoms with E-state index in [0.29, 0.717) is 0 Å². The Bertz CT molecular complexity index is 394. The van der Waals surface area contributed by atoms with Crippen molar-refractivity contribution in [1.29, 1.82) is 0 Å². The monoisotopic (exact) mass is 238 g/mol. The maximum Gasteiger partial charge on any atom is 0.219 e. The van der Waals surface area contributed by atoms with Crippen molar-refractivity contribution in [2.75, 3.05) is 31.1 Å². The van der Waals surface area contributed by atoms with Crippen molar-refractivity contribution in [3.8, 4) is 0 Å². The Balaban J connectivity index is 1.98. The van der Waals surface area contributed by atoms with Crippen LogP contribution in [-0.2, 0) is 4.79 Å². The van der Waals surface area contributed by atoms with E-state index in [0.717, 1.165) is 42.3 Å². The fourth-order valence-electron chi connectivity index (χ4n) is 1.82. The largest absolute Gasteiger partial charge is 0.360 e. The van der Waals surface area contributed by atoms with Crippen molar-refractivity contribution >= 4 is 28.5 Å². The van der Waals surface area contributed by atoms with E-state index in [1.807, 2.05) is 17.0 Å². The van der Waals surface area contributed by atoms with Crippen LogP contribution in [0.5, 0.6) is 0 Å². The molecule has 0 unspecified atom stereocenters. The Kier molecular flexibility index (Phi) is 3.24. The molecule has 2 heterocycles. The second kappa shape index (κ2) is 4.65. The van der Waals surface area contributed by atoms with E-state index >= 15 is 0 Å². The number of hydrogen-bond acceptors (Lipinski definition) is 4. The highest BCUT2D eigenvalue weighted by Crippen LogP contribution is 2.25. The van der Waals surface area contributed by atoms with Crippen LogP contribution in [0.15, 0.2) is 12.1 Å². The first-order chi connectivity index (χ1) is 7.70. The minimum Gasteiger partial charge on any atom is -0.360 e. The number of anilines is 1. The molecule has 1 aliphatic rings. The van der Waals surface area contributed by atoms with E-state index in [2.05, 4.69) is 4.90 Å². The summed E-state index contributed by atoms with van der Waals surface area (Å²) in [6.07, 6.45) is 0.875. The zero-order valence-corrected chi connectivity index (χ0v) is 10.00. The van der Waals surface area contributed by atoms with Crippen LogP contribution in [0.1, 0.15) is 16.6 Å². The summed E-state index contributed by atoms with van der Waals surface area (Å²) in [6, 6.07) is 3.81. The fourth-order valence-corrected chi connectivity index (χ4v) is 2.69. The van der Waals surface area contributed by atoms with Crippen LogP contribution < -0.4 is 4.90 Å². The molecule has 1 aromatic heterocycles. The molecule has 1 fully saturated rings. The third kappa shape index (κ3) is 2.24. The van der Waals surface area contributed by atoms with Gasteiger partial charge in [0.05, 0.1) is 9.88 Å². The molecule has 1 amide bonds. The number of carbonyl (C=O) groups excluding carboxylic acids is 2. The fraction of sp³-hybridized carbons (Fsp3) is 0.455. The first kappa shape index (κ1) is 11.1. The van der Waals surface area contributed by atoms with Gasteiger partial charge in [-0.25, -0.2) is 0 Å². The number of rotatable bonds is 2. The van der Waals surface area contributed by atoms with Crippen molar-refractivity contribution < 1.29 is 9.59 Å². The summed E-state index contributed by atoms with van der Waals surface area (Å²) in [5.74, 6) is 0.138. The summed E-state index contributed by atoms with van der Waals surface area (Å²) in [4.78, 5) is 26.6. The van der Waals surface area contributed by atoms with Gasteiger partial charge in [-0.15, -0.1) is 11.3 Å². The zero-order valence-electron chi connectivity index (χ0n) is 9.18. The highest BCUT2D eigenvalue weighted by Gasteiger charge is 2.19. The van der Waals surface area contributed by atoms with Crippen LogP contribution in [-0.4, -0.2) is 43.3 Å². The molecular formula is C11H14N2O2S. The van der Waals surface area contributed by atoms with Crippen LogP contribution in [0.4, 0.5) is 5.00 Å². The third-order valence-corrected chi connectivity index (χ3v) is 3.84. The predicted molar refractivity (Wildman–Crippen MR) is 64.2 cm³/mol. The second-order valence-electron chi connectivity index (χ2n) is 3.79. The van der Waals surface area contributed by atoms with Crippen LogP contribution in [0.25, 0.3) is 0 Å². The van der Waals surface area contributed by atoms with Gasteiger partial charge in [-0.05, 0) is 12.1 Å². The molecule has 0 radical (unpaired) electrons. The average molecular weight is 238 g/mol. The minimum absolute atomic E-state index is 0.138.